The van der Waals surface area contributed by atoms with E-state index >= 15 is 0 Å². The summed E-state index contributed by atoms with van der Waals surface area (Å²) in [5.41, 5.74) is 0. The zero-order valence-electron chi connectivity index (χ0n) is 8.00. The molecule has 1 aromatic rings. The molecule has 0 aliphatic carbocycles. The normalized spacial score (nSPS) is 11.7. The third kappa shape index (κ3) is 3.56. The van der Waals surface area contributed by atoms with Crippen LogP contribution in [0.25, 0.3) is 0 Å². The highest BCUT2D eigenvalue weighted by atomic mass is 32.1. The van der Waals surface area contributed by atoms with Crippen LogP contribution in [0.1, 0.15) is 9.75 Å². The molecule has 0 aromatic carbocycles. The van der Waals surface area contributed by atoms with Crippen molar-refractivity contribution in [2.75, 3.05) is 13.2 Å². The standard InChI is InChI=1S/C9H10F2O3S/c1-6-2-3-7(15-6)9(10,11)5-14-4-8(12)13/h2-3H,4-5H2,1H3,(H,12,13). The second-order valence-electron chi connectivity index (χ2n) is 3.00. The van der Waals surface area contributed by atoms with E-state index in [1.807, 2.05) is 0 Å². The maximum absolute atomic E-state index is 13.3. The lowest BCUT2D eigenvalue weighted by Crippen LogP contribution is -2.22. The van der Waals surface area contributed by atoms with E-state index in [1.165, 1.54) is 6.07 Å². The average molecular weight is 236 g/mol. The van der Waals surface area contributed by atoms with E-state index in [0.29, 0.717) is 0 Å². The predicted molar refractivity (Wildman–Crippen MR) is 51.4 cm³/mol. The molecule has 0 fully saturated rings. The maximum Gasteiger partial charge on any atom is 0.329 e. The smallest absolute Gasteiger partial charge is 0.329 e. The molecule has 3 nitrogen and oxygen atoms in total. The fourth-order valence-electron chi connectivity index (χ4n) is 0.969. The first kappa shape index (κ1) is 12.1. The van der Waals surface area contributed by atoms with Crippen LogP contribution in [0.2, 0.25) is 0 Å². The zero-order chi connectivity index (χ0) is 11.5. The molecule has 0 radical (unpaired) electrons. The molecule has 0 unspecified atom stereocenters. The highest BCUT2D eigenvalue weighted by Crippen LogP contribution is 2.33. The van der Waals surface area contributed by atoms with Gasteiger partial charge in [-0.3, -0.25) is 0 Å². The Hall–Kier alpha value is -1.01. The van der Waals surface area contributed by atoms with Gasteiger partial charge in [0.1, 0.15) is 13.2 Å². The first-order valence-corrected chi connectivity index (χ1v) is 4.98. The largest absolute Gasteiger partial charge is 0.480 e. The molecule has 0 aliphatic rings. The van der Waals surface area contributed by atoms with Gasteiger partial charge in [0.2, 0.25) is 0 Å². The van der Waals surface area contributed by atoms with Crippen LogP contribution < -0.4 is 0 Å². The average Bonchev–Trinajstić information content (AvgIpc) is 2.51. The van der Waals surface area contributed by atoms with Crippen LogP contribution in [-0.4, -0.2) is 24.3 Å². The van der Waals surface area contributed by atoms with Crippen molar-refractivity contribution in [2.24, 2.45) is 0 Å². The molecule has 15 heavy (non-hydrogen) atoms. The van der Waals surface area contributed by atoms with Gasteiger partial charge < -0.3 is 9.84 Å². The van der Waals surface area contributed by atoms with Gasteiger partial charge in [-0.2, -0.15) is 8.78 Å². The van der Waals surface area contributed by atoms with Gasteiger partial charge in [0, 0.05) is 4.88 Å². The molecule has 0 amide bonds. The molecule has 0 saturated carbocycles. The lowest BCUT2D eigenvalue weighted by atomic mass is 10.3. The fourth-order valence-corrected chi connectivity index (χ4v) is 1.80. The first-order chi connectivity index (χ1) is 6.92. The number of aliphatic carboxylic acids is 1. The highest BCUT2D eigenvalue weighted by Gasteiger charge is 2.33. The van der Waals surface area contributed by atoms with Gasteiger partial charge in [0.25, 0.3) is 0 Å². The van der Waals surface area contributed by atoms with Crippen molar-refractivity contribution >= 4 is 17.3 Å². The molecule has 0 aliphatic heterocycles. The lowest BCUT2D eigenvalue weighted by molar-refractivity contribution is -0.147. The molecule has 0 atom stereocenters. The van der Waals surface area contributed by atoms with Gasteiger partial charge in [-0.25, -0.2) is 4.79 Å². The fraction of sp³-hybridized carbons (Fsp3) is 0.444. The van der Waals surface area contributed by atoms with Crippen molar-refractivity contribution < 1.29 is 23.4 Å². The van der Waals surface area contributed by atoms with E-state index in [-0.39, 0.29) is 4.88 Å². The summed E-state index contributed by atoms with van der Waals surface area (Å²) in [5.74, 6) is -4.37. The van der Waals surface area contributed by atoms with Crippen molar-refractivity contribution in [3.8, 4) is 0 Å². The molecule has 1 aromatic heterocycles. The summed E-state index contributed by atoms with van der Waals surface area (Å²) < 4.78 is 31.0. The van der Waals surface area contributed by atoms with Crippen LogP contribution in [-0.2, 0) is 15.5 Å². The van der Waals surface area contributed by atoms with Crippen molar-refractivity contribution in [1.82, 2.24) is 0 Å². The molecular weight excluding hydrogens is 226 g/mol. The molecule has 1 N–H and O–H groups in total. The van der Waals surface area contributed by atoms with Crippen molar-refractivity contribution in [3.05, 3.63) is 21.9 Å². The van der Waals surface area contributed by atoms with E-state index in [9.17, 15) is 13.6 Å². The van der Waals surface area contributed by atoms with E-state index in [0.717, 1.165) is 16.2 Å². The van der Waals surface area contributed by atoms with Gasteiger partial charge >= 0.3 is 11.9 Å². The van der Waals surface area contributed by atoms with Crippen LogP contribution in [0.4, 0.5) is 8.78 Å². The van der Waals surface area contributed by atoms with Crippen LogP contribution in [0.5, 0.6) is 0 Å². The van der Waals surface area contributed by atoms with Gasteiger partial charge in [-0.05, 0) is 19.1 Å². The number of rotatable bonds is 5. The summed E-state index contributed by atoms with van der Waals surface area (Å²) in [4.78, 5) is 10.7. The third-order valence-corrected chi connectivity index (χ3v) is 2.72. The van der Waals surface area contributed by atoms with Gasteiger partial charge in [-0.15, -0.1) is 11.3 Å². The minimum absolute atomic E-state index is 0.106. The molecular formula is C9H10F2O3S. The Balaban J connectivity index is 2.55. The Kier molecular flexibility index (Phi) is 3.76. The van der Waals surface area contributed by atoms with Gasteiger partial charge in [0.15, 0.2) is 0 Å². The summed E-state index contributed by atoms with van der Waals surface area (Å²) in [6.07, 6.45) is 0. The number of hydrogen-bond donors (Lipinski definition) is 1. The zero-order valence-corrected chi connectivity index (χ0v) is 8.81. The molecule has 0 spiro atoms. The molecule has 1 rings (SSSR count). The second kappa shape index (κ2) is 4.67. The number of carbonyl (C=O) groups is 1. The van der Waals surface area contributed by atoms with E-state index < -0.39 is 25.1 Å². The number of ether oxygens (including phenoxy) is 1. The molecule has 0 saturated heterocycles. The van der Waals surface area contributed by atoms with E-state index in [4.69, 9.17) is 5.11 Å². The number of aryl methyl sites for hydroxylation is 1. The predicted octanol–water partition coefficient (Wildman–Crippen LogP) is 2.25. The molecule has 6 heteroatoms. The number of thiophene rings is 1. The lowest BCUT2D eigenvalue weighted by Gasteiger charge is -2.13. The summed E-state index contributed by atoms with van der Waals surface area (Å²) in [5, 5.41) is 8.22. The summed E-state index contributed by atoms with van der Waals surface area (Å²) >= 11 is 0.976. The van der Waals surface area contributed by atoms with Gasteiger partial charge in [-0.1, -0.05) is 0 Å². The number of halogens is 2. The van der Waals surface area contributed by atoms with Crippen LogP contribution in [0, 0.1) is 6.92 Å². The minimum atomic E-state index is -3.12. The van der Waals surface area contributed by atoms with Crippen LogP contribution in [0.15, 0.2) is 12.1 Å². The Morgan fingerprint density at radius 1 is 1.60 bits per heavy atom. The van der Waals surface area contributed by atoms with E-state index in [1.54, 1.807) is 13.0 Å². The maximum atomic E-state index is 13.3. The Bertz CT molecular complexity index is 349. The summed E-state index contributed by atoms with van der Waals surface area (Å²) in [7, 11) is 0. The topological polar surface area (TPSA) is 46.5 Å². The third-order valence-electron chi connectivity index (χ3n) is 1.61. The number of alkyl halides is 2. The molecule has 0 bridgehead atoms. The molecule has 1 heterocycles. The Morgan fingerprint density at radius 2 is 2.27 bits per heavy atom. The monoisotopic (exact) mass is 236 g/mol. The SMILES string of the molecule is Cc1ccc(C(F)(F)COCC(=O)O)s1. The highest BCUT2D eigenvalue weighted by molar-refractivity contribution is 7.12. The van der Waals surface area contributed by atoms with Crippen molar-refractivity contribution in [2.45, 2.75) is 12.8 Å². The Labute approximate surface area is 89.3 Å². The van der Waals surface area contributed by atoms with Crippen LogP contribution in [0.3, 0.4) is 0 Å². The molecule has 84 valence electrons. The van der Waals surface area contributed by atoms with Crippen LogP contribution >= 0.6 is 11.3 Å². The van der Waals surface area contributed by atoms with Gasteiger partial charge in [0.05, 0.1) is 4.88 Å². The van der Waals surface area contributed by atoms with Crippen molar-refractivity contribution in [1.29, 1.82) is 0 Å². The summed E-state index contributed by atoms with van der Waals surface area (Å²) in [6, 6.07) is 2.91. The Morgan fingerprint density at radius 3 is 2.73 bits per heavy atom. The number of carboxylic acids is 1. The number of carboxylic acid groups (broad SMARTS) is 1. The first-order valence-electron chi connectivity index (χ1n) is 4.16. The second-order valence-corrected chi connectivity index (χ2v) is 4.29. The van der Waals surface area contributed by atoms with E-state index in [2.05, 4.69) is 4.74 Å². The number of hydrogen-bond acceptors (Lipinski definition) is 3. The summed E-state index contributed by atoms with van der Waals surface area (Å²) in [6.45, 7) is 0.113. The minimum Gasteiger partial charge on any atom is -0.480 e. The van der Waals surface area contributed by atoms with Crippen molar-refractivity contribution in [3.63, 3.8) is 0 Å². The quantitative estimate of drug-likeness (QED) is 0.852.